The first-order valence-electron chi connectivity index (χ1n) is 11.3. The molecule has 0 radical (unpaired) electrons. The molecule has 1 aromatic heterocycles. The number of hydrogen-bond acceptors (Lipinski definition) is 6. The number of nitrogens with one attached hydrogen (secondary N) is 3. The molecule has 0 bridgehead atoms. The summed E-state index contributed by atoms with van der Waals surface area (Å²) < 4.78 is 0. The minimum atomic E-state index is -1.31. The van der Waals surface area contributed by atoms with Gasteiger partial charge in [-0.05, 0) is 42.2 Å². The Hall–Kier alpha value is -4.38. The largest absolute Gasteiger partial charge is 0.508 e. The Morgan fingerprint density at radius 2 is 1.58 bits per heavy atom. The summed E-state index contributed by atoms with van der Waals surface area (Å²) in [6.07, 6.45) is 1.57. The number of H-pyrrole nitrogens is 1. The average Bonchev–Trinajstić information content (AvgIpc) is 3.24. The van der Waals surface area contributed by atoms with E-state index in [1.807, 2.05) is 24.3 Å². The van der Waals surface area contributed by atoms with E-state index >= 15 is 0 Å². The third-order valence-electron chi connectivity index (χ3n) is 5.75. The van der Waals surface area contributed by atoms with E-state index in [0.29, 0.717) is 5.56 Å². The van der Waals surface area contributed by atoms with Gasteiger partial charge < -0.3 is 37.3 Å². The molecule has 0 aliphatic carbocycles. The van der Waals surface area contributed by atoms with Gasteiger partial charge in [0.25, 0.3) is 0 Å². The van der Waals surface area contributed by atoms with Crippen molar-refractivity contribution in [1.82, 2.24) is 15.6 Å². The Bertz CT molecular complexity index is 1240. The number of rotatable bonds is 12. The minimum absolute atomic E-state index is 0.0212. The Balaban J connectivity index is 1.68. The number of hydrogen-bond donors (Lipinski definition) is 7. The lowest BCUT2D eigenvalue weighted by Gasteiger charge is -2.23. The van der Waals surface area contributed by atoms with Gasteiger partial charge in [-0.2, -0.15) is 0 Å². The number of carboxylic acid groups (broad SMARTS) is 1. The number of benzene rings is 2. The van der Waals surface area contributed by atoms with Crippen LogP contribution in [0.25, 0.3) is 10.9 Å². The molecule has 3 aromatic rings. The number of para-hydroxylation sites is 1. The highest BCUT2D eigenvalue weighted by atomic mass is 16.4. The van der Waals surface area contributed by atoms with Crippen LogP contribution in [0.5, 0.6) is 5.75 Å². The quantitative estimate of drug-likeness (QED) is 0.187. The van der Waals surface area contributed by atoms with Crippen LogP contribution in [0.15, 0.2) is 54.7 Å². The lowest BCUT2D eigenvalue weighted by atomic mass is 10.0. The van der Waals surface area contributed by atoms with E-state index in [-0.39, 0.29) is 31.4 Å². The van der Waals surface area contributed by atoms with Gasteiger partial charge >= 0.3 is 5.97 Å². The molecule has 0 aliphatic rings. The second kappa shape index (κ2) is 11.8. The van der Waals surface area contributed by atoms with Crippen molar-refractivity contribution in [3.8, 4) is 5.75 Å². The molecule has 3 atom stereocenters. The number of phenolic OH excluding ortho intramolecular Hbond substituents is 1. The van der Waals surface area contributed by atoms with Crippen LogP contribution in [0.2, 0.25) is 0 Å². The number of amides is 3. The molecule has 3 rings (SSSR count). The zero-order chi connectivity index (χ0) is 26.2. The maximum Gasteiger partial charge on any atom is 0.326 e. The lowest BCUT2D eigenvalue weighted by Crippen LogP contribution is -2.55. The highest BCUT2D eigenvalue weighted by Crippen LogP contribution is 2.19. The molecule has 0 fully saturated rings. The molecule has 3 amide bonds. The van der Waals surface area contributed by atoms with Crippen molar-refractivity contribution in [2.45, 2.75) is 43.8 Å². The number of aliphatic carboxylic acids is 1. The molecule has 0 unspecified atom stereocenters. The Labute approximate surface area is 206 Å². The minimum Gasteiger partial charge on any atom is -0.508 e. The van der Waals surface area contributed by atoms with Crippen molar-refractivity contribution in [2.75, 3.05) is 0 Å². The normalized spacial score (nSPS) is 13.5. The van der Waals surface area contributed by atoms with Crippen molar-refractivity contribution in [1.29, 1.82) is 0 Å². The Morgan fingerprint density at radius 1 is 0.917 bits per heavy atom. The number of carboxylic acids is 1. The van der Waals surface area contributed by atoms with E-state index in [1.165, 1.54) is 24.3 Å². The molecular weight excluding hydrogens is 466 g/mol. The fraction of sp³-hybridized carbons (Fsp3) is 0.280. The Morgan fingerprint density at radius 3 is 2.25 bits per heavy atom. The fourth-order valence-electron chi connectivity index (χ4n) is 3.80. The first-order chi connectivity index (χ1) is 17.1. The summed E-state index contributed by atoms with van der Waals surface area (Å²) >= 11 is 0. The molecule has 0 spiro atoms. The van der Waals surface area contributed by atoms with Gasteiger partial charge in [-0.1, -0.05) is 30.3 Å². The smallest absolute Gasteiger partial charge is 0.326 e. The van der Waals surface area contributed by atoms with E-state index < -0.39 is 41.8 Å². The number of primary amides is 1. The van der Waals surface area contributed by atoms with Crippen molar-refractivity contribution in [3.05, 3.63) is 65.9 Å². The van der Waals surface area contributed by atoms with Crippen LogP contribution in [-0.2, 0) is 32.0 Å². The summed E-state index contributed by atoms with van der Waals surface area (Å²) in [5.74, 6) is -3.35. The molecule has 36 heavy (non-hydrogen) atoms. The van der Waals surface area contributed by atoms with Crippen LogP contribution in [0.4, 0.5) is 0 Å². The molecular formula is C25H29N5O6. The molecule has 2 aromatic carbocycles. The molecule has 0 aliphatic heterocycles. The van der Waals surface area contributed by atoms with Crippen LogP contribution >= 0.6 is 0 Å². The molecule has 0 saturated carbocycles. The predicted molar refractivity (Wildman–Crippen MR) is 132 cm³/mol. The van der Waals surface area contributed by atoms with Crippen LogP contribution in [-0.4, -0.2) is 57.0 Å². The van der Waals surface area contributed by atoms with E-state index in [1.54, 1.807) is 6.20 Å². The highest BCUT2D eigenvalue weighted by Gasteiger charge is 2.28. The average molecular weight is 496 g/mol. The molecule has 190 valence electrons. The van der Waals surface area contributed by atoms with Crippen LogP contribution < -0.4 is 22.1 Å². The maximum atomic E-state index is 12.9. The summed E-state index contributed by atoms with van der Waals surface area (Å²) in [4.78, 5) is 51.9. The summed E-state index contributed by atoms with van der Waals surface area (Å²) in [6.45, 7) is 0. The van der Waals surface area contributed by atoms with Gasteiger partial charge in [-0.3, -0.25) is 14.4 Å². The lowest BCUT2D eigenvalue weighted by molar-refractivity contribution is -0.142. The number of phenols is 1. The highest BCUT2D eigenvalue weighted by molar-refractivity contribution is 5.92. The third-order valence-corrected chi connectivity index (χ3v) is 5.75. The van der Waals surface area contributed by atoms with Gasteiger partial charge in [0.1, 0.15) is 17.8 Å². The van der Waals surface area contributed by atoms with Crippen molar-refractivity contribution >= 4 is 34.6 Å². The predicted octanol–water partition coefficient (Wildman–Crippen LogP) is 0.306. The van der Waals surface area contributed by atoms with E-state index in [2.05, 4.69) is 15.6 Å². The zero-order valence-corrected chi connectivity index (χ0v) is 19.4. The van der Waals surface area contributed by atoms with Gasteiger partial charge in [-0.15, -0.1) is 0 Å². The molecule has 11 heteroatoms. The standard InChI is InChI=1S/C25H29N5O6/c26-18(12-15-13-28-19-4-2-1-3-17(15)19)23(33)29-20(9-10-22(27)32)24(34)30-21(25(35)36)11-14-5-7-16(31)8-6-14/h1-8,13,18,20-21,28,31H,9-12,26H2,(H2,27,32)(H,29,33)(H,30,34)(H,35,36)/t18-,20-,21-/m0/s1. The van der Waals surface area contributed by atoms with Crippen molar-refractivity contribution < 1.29 is 29.4 Å². The van der Waals surface area contributed by atoms with Crippen molar-refractivity contribution in [3.63, 3.8) is 0 Å². The number of fused-ring (bicyclic) bond motifs is 1. The zero-order valence-electron chi connectivity index (χ0n) is 19.4. The van der Waals surface area contributed by atoms with E-state index in [4.69, 9.17) is 11.5 Å². The number of carbonyl (C=O) groups excluding carboxylic acids is 3. The molecule has 9 N–H and O–H groups in total. The maximum absolute atomic E-state index is 12.9. The number of aromatic hydroxyl groups is 1. The van der Waals surface area contributed by atoms with Crippen LogP contribution in [0, 0.1) is 0 Å². The first-order valence-corrected chi connectivity index (χ1v) is 11.3. The molecule has 0 saturated heterocycles. The van der Waals surface area contributed by atoms with Gasteiger partial charge in [0.05, 0.1) is 6.04 Å². The summed E-state index contributed by atoms with van der Waals surface area (Å²) in [5.41, 5.74) is 13.6. The molecule has 11 nitrogen and oxygen atoms in total. The SMILES string of the molecule is NC(=O)CC[C@H](NC(=O)[C@@H](N)Cc1c[nH]c2ccccc12)C(=O)N[C@@H](Cc1ccc(O)cc1)C(=O)O. The summed E-state index contributed by atoms with van der Waals surface area (Å²) in [7, 11) is 0. The fourth-order valence-corrected chi connectivity index (χ4v) is 3.80. The van der Waals surface area contributed by atoms with Gasteiger partial charge in [-0.25, -0.2) is 4.79 Å². The van der Waals surface area contributed by atoms with E-state index in [9.17, 15) is 29.4 Å². The first kappa shape index (κ1) is 26.2. The van der Waals surface area contributed by atoms with E-state index in [0.717, 1.165) is 16.5 Å². The Kier molecular flexibility index (Phi) is 8.63. The molecule has 1 heterocycles. The monoisotopic (exact) mass is 495 g/mol. The summed E-state index contributed by atoms with van der Waals surface area (Å²) in [5, 5.41) is 24.8. The number of aromatic nitrogens is 1. The van der Waals surface area contributed by atoms with Crippen LogP contribution in [0.1, 0.15) is 24.0 Å². The second-order valence-corrected chi connectivity index (χ2v) is 8.51. The van der Waals surface area contributed by atoms with Gasteiger partial charge in [0.2, 0.25) is 17.7 Å². The number of aromatic amines is 1. The third kappa shape index (κ3) is 7.06. The number of carbonyl (C=O) groups is 4. The second-order valence-electron chi connectivity index (χ2n) is 8.51. The topological polar surface area (TPSA) is 201 Å². The summed E-state index contributed by atoms with van der Waals surface area (Å²) in [6, 6.07) is 9.88. The van der Waals surface area contributed by atoms with Crippen molar-refractivity contribution in [2.24, 2.45) is 11.5 Å². The van der Waals surface area contributed by atoms with Gasteiger partial charge in [0, 0.05) is 29.9 Å². The van der Waals surface area contributed by atoms with Gasteiger partial charge in [0.15, 0.2) is 0 Å². The van der Waals surface area contributed by atoms with Crippen LogP contribution in [0.3, 0.4) is 0 Å². The number of nitrogens with two attached hydrogens (primary N) is 2.